The maximum atomic E-state index is 11.6. The van der Waals surface area contributed by atoms with E-state index >= 15 is 0 Å². The van der Waals surface area contributed by atoms with Crippen LogP contribution in [0, 0.1) is 5.92 Å². The minimum absolute atomic E-state index is 0.216. The van der Waals surface area contributed by atoms with Gasteiger partial charge in [0, 0.05) is 50.8 Å². The number of nitrogens with zero attached hydrogens (tertiary/aromatic N) is 3. The summed E-state index contributed by atoms with van der Waals surface area (Å²) in [6, 6.07) is 5.29. The third kappa shape index (κ3) is 3.89. The van der Waals surface area contributed by atoms with Crippen LogP contribution in [0.25, 0.3) is 0 Å². The second-order valence-corrected chi connectivity index (χ2v) is 7.53. The summed E-state index contributed by atoms with van der Waals surface area (Å²) < 4.78 is 0. The molecule has 1 aromatic rings. The topological polar surface area (TPSA) is 48.5 Å². The molecule has 0 spiro atoms. The molecule has 24 heavy (non-hydrogen) atoms. The van der Waals surface area contributed by atoms with E-state index in [1.54, 1.807) is 0 Å². The Morgan fingerprint density at radius 1 is 1.38 bits per heavy atom. The molecule has 2 aliphatic heterocycles. The summed E-state index contributed by atoms with van der Waals surface area (Å²) in [5.41, 5.74) is 1.26. The lowest BCUT2D eigenvalue weighted by molar-refractivity contribution is -0.119. The molecule has 2 aliphatic rings. The van der Waals surface area contributed by atoms with Gasteiger partial charge in [0.25, 0.3) is 0 Å². The maximum absolute atomic E-state index is 11.6. The molecule has 0 aromatic carbocycles. The van der Waals surface area contributed by atoms with E-state index in [4.69, 9.17) is 0 Å². The van der Waals surface area contributed by atoms with Crippen LogP contribution in [-0.2, 0) is 11.3 Å². The second-order valence-electron chi connectivity index (χ2n) is 7.53. The van der Waals surface area contributed by atoms with Gasteiger partial charge in [-0.2, -0.15) is 0 Å². The molecule has 1 aromatic heterocycles. The second kappa shape index (κ2) is 7.51. The molecule has 1 amide bonds. The monoisotopic (exact) mass is 330 g/mol. The largest absolute Gasteiger partial charge is 0.357 e. The van der Waals surface area contributed by atoms with Crippen molar-refractivity contribution >= 4 is 11.7 Å². The standard InChI is InChI=1S/C19H30N4O/c1-14(2)22(3)18-8-7-15(11-20-18)13-23-9-5-4-6-17(23)16-10-19(24)21-12-16/h7-8,11,14,16-17H,4-6,9-10,12-13H2,1-3H3,(H,21,24)/t16-,17+/m1/s1. The zero-order valence-corrected chi connectivity index (χ0v) is 15.2. The molecule has 1 N–H and O–H groups in total. The number of amides is 1. The molecule has 0 radical (unpaired) electrons. The number of hydrogen-bond acceptors (Lipinski definition) is 4. The van der Waals surface area contributed by atoms with Gasteiger partial charge in [-0.1, -0.05) is 12.5 Å². The number of aromatic nitrogens is 1. The predicted octanol–water partition coefficient (Wildman–Crippen LogP) is 2.42. The summed E-state index contributed by atoms with van der Waals surface area (Å²) in [7, 11) is 2.08. The smallest absolute Gasteiger partial charge is 0.220 e. The van der Waals surface area contributed by atoms with Gasteiger partial charge in [0.1, 0.15) is 5.82 Å². The molecule has 3 heterocycles. The molecule has 2 fully saturated rings. The van der Waals surface area contributed by atoms with Gasteiger partial charge < -0.3 is 10.2 Å². The first-order valence-corrected chi connectivity index (χ1v) is 9.23. The average molecular weight is 330 g/mol. The van der Waals surface area contributed by atoms with Gasteiger partial charge in [-0.25, -0.2) is 4.98 Å². The zero-order chi connectivity index (χ0) is 17.1. The fourth-order valence-corrected chi connectivity index (χ4v) is 3.86. The summed E-state index contributed by atoms with van der Waals surface area (Å²) in [5, 5.41) is 3.00. The highest BCUT2D eigenvalue weighted by Crippen LogP contribution is 2.28. The summed E-state index contributed by atoms with van der Waals surface area (Å²) in [6.45, 7) is 7.25. The zero-order valence-electron chi connectivity index (χ0n) is 15.2. The van der Waals surface area contributed by atoms with Crippen molar-refractivity contribution < 1.29 is 4.79 Å². The van der Waals surface area contributed by atoms with Crippen molar-refractivity contribution in [1.29, 1.82) is 0 Å². The van der Waals surface area contributed by atoms with Crippen LogP contribution in [0.1, 0.15) is 45.1 Å². The molecule has 132 valence electrons. The fraction of sp³-hybridized carbons (Fsp3) is 0.684. The van der Waals surface area contributed by atoms with Crippen LogP contribution in [0.5, 0.6) is 0 Å². The number of nitrogens with one attached hydrogen (secondary N) is 1. The molecule has 2 atom stereocenters. The van der Waals surface area contributed by atoms with Gasteiger partial charge in [-0.3, -0.25) is 9.69 Å². The van der Waals surface area contributed by atoms with E-state index in [-0.39, 0.29) is 5.91 Å². The number of carbonyl (C=O) groups excluding carboxylic acids is 1. The molecule has 2 saturated heterocycles. The molecule has 0 aliphatic carbocycles. The highest BCUT2D eigenvalue weighted by Gasteiger charge is 2.34. The van der Waals surface area contributed by atoms with Gasteiger partial charge in [0.15, 0.2) is 0 Å². The Kier molecular flexibility index (Phi) is 5.39. The van der Waals surface area contributed by atoms with Crippen LogP contribution in [0.4, 0.5) is 5.82 Å². The lowest BCUT2D eigenvalue weighted by Crippen LogP contribution is -2.44. The third-order valence-electron chi connectivity index (χ3n) is 5.55. The van der Waals surface area contributed by atoms with Gasteiger partial charge in [-0.15, -0.1) is 0 Å². The Labute approximate surface area is 145 Å². The Morgan fingerprint density at radius 3 is 2.83 bits per heavy atom. The van der Waals surface area contributed by atoms with Crippen LogP contribution in [0.15, 0.2) is 18.3 Å². The number of pyridine rings is 1. The summed E-state index contributed by atoms with van der Waals surface area (Å²) in [5.74, 6) is 1.71. The highest BCUT2D eigenvalue weighted by molar-refractivity contribution is 5.78. The molecule has 5 nitrogen and oxygen atoms in total. The predicted molar refractivity (Wildman–Crippen MR) is 96.9 cm³/mol. The summed E-state index contributed by atoms with van der Waals surface area (Å²) in [6.07, 6.45) is 6.45. The van der Waals surface area contributed by atoms with Crippen molar-refractivity contribution in [2.45, 2.75) is 58.2 Å². The van der Waals surface area contributed by atoms with Crippen LogP contribution < -0.4 is 10.2 Å². The Bertz CT molecular complexity index is 557. The van der Waals surface area contributed by atoms with Crippen molar-refractivity contribution in [3.63, 3.8) is 0 Å². The molecule has 5 heteroatoms. The molecular weight excluding hydrogens is 300 g/mol. The van der Waals surface area contributed by atoms with E-state index in [1.165, 1.54) is 24.8 Å². The Balaban J connectivity index is 1.65. The van der Waals surface area contributed by atoms with E-state index < -0.39 is 0 Å². The normalized spacial score (nSPS) is 25.1. The molecule has 0 saturated carbocycles. The average Bonchev–Trinajstić information content (AvgIpc) is 3.01. The number of likely N-dealkylation sites (tertiary alicyclic amines) is 1. The van der Waals surface area contributed by atoms with Crippen molar-refractivity contribution in [3.05, 3.63) is 23.9 Å². The third-order valence-corrected chi connectivity index (χ3v) is 5.55. The van der Waals surface area contributed by atoms with E-state index in [9.17, 15) is 4.79 Å². The molecular formula is C19H30N4O. The van der Waals surface area contributed by atoms with Crippen LogP contribution in [0.3, 0.4) is 0 Å². The van der Waals surface area contributed by atoms with Crippen molar-refractivity contribution in [2.75, 3.05) is 25.0 Å². The minimum atomic E-state index is 0.216. The number of anilines is 1. The number of piperidine rings is 1. The van der Waals surface area contributed by atoms with E-state index in [0.717, 1.165) is 25.5 Å². The quantitative estimate of drug-likeness (QED) is 0.901. The minimum Gasteiger partial charge on any atom is -0.357 e. The van der Waals surface area contributed by atoms with Gasteiger partial charge in [0.2, 0.25) is 5.91 Å². The Morgan fingerprint density at radius 2 is 2.21 bits per heavy atom. The number of rotatable bonds is 5. The van der Waals surface area contributed by atoms with Crippen LogP contribution in [0.2, 0.25) is 0 Å². The van der Waals surface area contributed by atoms with Crippen molar-refractivity contribution in [2.24, 2.45) is 5.92 Å². The fourth-order valence-electron chi connectivity index (χ4n) is 3.86. The molecule has 0 unspecified atom stereocenters. The van der Waals surface area contributed by atoms with Crippen LogP contribution in [-0.4, -0.2) is 48.0 Å². The Hall–Kier alpha value is -1.62. The summed E-state index contributed by atoms with van der Waals surface area (Å²) >= 11 is 0. The maximum Gasteiger partial charge on any atom is 0.220 e. The lowest BCUT2D eigenvalue weighted by atomic mass is 9.89. The number of carbonyl (C=O) groups is 1. The van der Waals surface area contributed by atoms with Crippen molar-refractivity contribution in [3.8, 4) is 0 Å². The first-order chi connectivity index (χ1) is 11.5. The van der Waals surface area contributed by atoms with Gasteiger partial charge in [0.05, 0.1) is 0 Å². The van der Waals surface area contributed by atoms with E-state index in [2.05, 4.69) is 53.1 Å². The summed E-state index contributed by atoms with van der Waals surface area (Å²) in [4.78, 5) is 21.0. The van der Waals surface area contributed by atoms with E-state index in [1.807, 2.05) is 6.20 Å². The molecule has 0 bridgehead atoms. The molecule has 3 rings (SSSR count). The SMILES string of the molecule is CC(C)N(C)c1ccc(CN2CCCC[C@H]2[C@H]2CNC(=O)C2)cn1. The highest BCUT2D eigenvalue weighted by atomic mass is 16.1. The lowest BCUT2D eigenvalue weighted by Gasteiger charge is -2.38. The van der Waals surface area contributed by atoms with Gasteiger partial charge >= 0.3 is 0 Å². The van der Waals surface area contributed by atoms with Crippen molar-refractivity contribution in [1.82, 2.24) is 15.2 Å². The van der Waals surface area contributed by atoms with Gasteiger partial charge in [-0.05, 0) is 44.9 Å². The first kappa shape index (κ1) is 17.2. The van der Waals surface area contributed by atoms with Crippen LogP contribution >= 0.6 is 0 Å². The van der Waals surface area contributed by atoms with E-state index in [0.29, 0.717) is 24.4 Å². The number of hydrogen-bond donors (Lipinski definition) is 1. The first-order valence-electron chi connectivity index (χ1n) is 9.23.